The molecule has 0 saturated carbocycles. The maximum Gasteiger partial charge on any atom is 0.266 e. The van der Waals surface area contributed by atoms with Crippen molar-refractivity contribution in [3.63, 3.8) is 0 Å². The SMILES string of the molecule is CN1CCCC(CNc2cc(F)c(S(=O)(=O)Nc3nccs3)cc2Cl)C1. The summed E-state index contributed by atoms with van der Waals surface area (Å²) >= 11 is 7.30. The second-order valence-corrected chi connectivity index (χ2v) is 9.31. The van der Waals surface area contributed by atoms with E-state index in [0.29, 0.717) is 18.2 Å². The van der Waals surface area contributed by atoms with E-state index < -0.39 is 20.7 Å². The zero-order chi connectivity index (χ0) is 18.7. The van der Waals surface area contributed by atoms with Crippen molar-refractivity contribution in [2.75, 3.05) is 36.7 Å². The Hall–Kier alpha value is -1.42. The molecule has 1 atom stereocenters. The minimum atomic E-state index is -4.09. The molecule has 26 heavy (non-hydrogen) atoms. The highest BCUT2D eigenvalue weighted by Crippen LogP contribution is 2.30. The molecule has 0 radical (unpaired) electrons. The minimum Gasteiger partial charge on any atom is -0.383 e. The van der Waals surface area contributed by atoms with Crippen LogP contribution in [-0.2, 0) is 10.0 Å². The summed E-state index contributed by atoms with van der Waals surface area (Å²) in [6, 6.07) is 2.26. The summed E-state index contributed by atoms with van der Waals surface area (Å²) in [6.07, 6.45) is 3.69. The number of thiazole rings is 1. The van der Waals surface area contributed by atoms with Gasteiger partial charge in [0.25, 0.3) is 10.0 Å². The van der Waals surface area contributed by atoms with Crippen LogP contribution in [0.2, 0.25) is 5.02 Å². The van der Waals surface area contributed by atoms with Crippen molar-refractivity contribution in [1.29, 1.82) is 0 Å². The van der Waals surface area contributed by atoms with E-state index in [-0.39, 0.29) is 10.2 Å². The first-order valence-electron chi connectivity index (χ1n) is 8.19. The van der Waals surface area contributed by atoms with Crippen LogP contribution in [0.15, 0.2) is 28.6 Å². The molecule has 1 unspecified atom stereocenters. The van der Waals surface area contributed by atoms with Crippen LogP contribution < -0.4 is 10.0 Å². The van der Waals surface area contributed by atoms with Gasteiger partial charge in [0.2, 0.25) is 0 Å². The molecule has 1 saturated heterocycles. The molecule has 0 amide bonds. The first kappa shape index (κ1) is 19.3. The normalized spacial score (nSPS) is 18.7. The number of benzene rings is 1. The summed E-state index contributed by atoms with van der Waals surface area (Å²) in [7, 11) is -2.01. The van der Waals surface area contributed by atoms with E-state index in [1.165, 1.54) is 6.20 Å². The lowest BCUT2D eigenvalue weighted by Gasteiger charge is -2.30. The molecule has 1 aliphatic rings. The third-order valence-electron chi connectivity index (χ3n) is 4.27. The van der Waals surface area contributed by atoms with Gasteiger partial charge in [0, 0.05) is 24.7 Å². The van der Waals surface area contributed by atoms with Gasteiger partial charge in [0.15, 0.2) is 5.13 Å². The van der Waals surface area contributed by atoms with Crippen molar-refractivity contribution in [2.24, 2.45) is 5.92 Å². The maximum absolute atomic E-state index is 14.4. The molecule has 1 aliphatic heterocycles. The highest BCUT2D eigenvalue weighted by Gasteiger charge is 2.23. The number of halogens is 2. The second kappa shape index (κ2) is 8.08. The standard InChI is InChI=1S/C16H20ClFN4O2S2/c1-22-5-2-3-11(10-22)9-20-14-8-13(18)15(7-12(14)17)26(23,24)21-16-19-4-6-25-16/h4,6-8,11,20H,2-3,5,9-10H2,1H3,(H,19,21). The molecule has 1 fully saturated rings. The van der Waals surface area contributed by atoms with Gasteiger partial charge < -0.3 is 10.2 Å². The van der Waals surface area contributed by atoms with E-state index in [4.69, 9.17) is 11.6 Å². The maximum atomic E-state index is 14.4. The average Bonchev–Trinajstić information content (AvgIpc) is 3.07. The van der Waals surface area contributed by atoms with E-state index in [1.807, 2.05) is 0 Å². The van der Waals surface area contributed by atoms with Crippen LogP contribution in [0, 0.1) is 11.7 Å². The number of anilines is 2. The Kier molecular flexibility index (Phi) is 6.01. The van der Waals surface area contributed by atoms with Gasteiger partial charge in [-0.25, -0.2) is 17.8 Å². The van der Waals surface area contributed by atoms with Gasteiger partial charge in [0.1, 0.15) is 10.7 Å². The number of nitrogens with one attached hydrogen (secondary N) is 2. The minimum absolute atomic E-state index is 0.162. The van der Waals surface area contributed by atoms with Gasteiger partial charge in [0.05, 0.1) is 10.7 Å². The zero-order valence-corrected chi connectivity index (χ0v) is 16.6. The average molecular weight is 419 g/mol. The van der Waals surface area contributed by atoms with Gasteiger partial charge >= 0.3 is 0 Å². The van der Waals surface area contributed by atoms with Crippen molar-refractivity contribution < 1.29 is 12.8 Å². The monoisotopic (exact) mass is 418 g/mol. The lowest BCUT2D eigenvalue weighted by Crippen LogP contribution is -2.35. The topological polar surface area (TPSA) is 74.3 Å². The number of nitrogens with zero attached hydrogens (tertiary/aromatic N) is 2. The first-order valence-corrected chi connectivity index (χ1v) is 10.9. The van der Waals surface area contributed by atoms with Crippen molar-refractivity contribution in [2.45, 2.75) is 17.7 Å². The van der Waals surface area contributed by atoms with Gasteiger partial charge in [-0.2, -0.15) is 0 Å². The summed E-state index contributed by atoms with van der Waals surface area (Å²) in [5.41, 5.74) is 0.394. The van der Waals surface area contributed by atoms with Crippen molar-refractivity contribution in [1.82, 2.24) is 9.88 Å². The second-order valence-electron chi connectivity index (χ2n) is 6.36. The molecular weight excluding hydrogens is 399 g/mol. The number of sulfonamides is 1. The zero-order valence-electron chi connectivity index (χ0n) is 14.2. The predicted molar refractivity (Wildman–Crippen MR) is 103 cm³/mol. The van der Waals surface area contributed by atoms with Crippen LogP contribution in [0.25, 0.3) is 0 Å². The van der Waals surface area contributed by atoms with Crippen LogP contribution in [0.1, 0.15) is 12.8 Å². The third-order valence-corrected chi connectivity index (χ3v) is 6.75. The molecule has 2 aromatic rings. The fourth-order valence-corrected chi connectivity index (χ4v) is 5.18. The molecule has 3 rings (SSSR count). The summed E-state index contributed by atoms with van der Waals surface area (Å²) in [5, 5.41) is 5.10. The van der Waals surface area contributed by atoms with Crippen molar-refractivity contribution in [3.8, 4) is 0 Å². The van der Waals surface area contributed by atoms with E-state index in [1.54, 1.807) is 5.38 Å². The van der Waals surface area contributed by atoms with Crippen LogP contribution in [0.5, 0.6) is 0 Å². The Labute approximate surface area is 161 Å². The molecule has 0 aliphatic carbocycles. The van der Waals surface area contributed by atoms with E-state index in [9.17, 15) is 12.8 Å². The molecule has 0 spiro atoms. The van der Waals surface area contributed by atoms with Crippen LogP contribution in [0.3, 0.4) is 0 Å². The fourth-order valence-electron chi connectivity index (χ4n) is 3.01. The lowest BCUT2D eigenvalue weighted by molar-refractivity contribution is 0.217. The fraction of sp³-hybridized carbons (Fsp3) is 0.438. The van der Waals surface area contributed by atoms with Crippen molar-refractivity contribution >= 4 is 43.8 Å². The Morgan fingerprint density at radius 2 is 2.27 bits per heavy atom. The largest absolute Gasteiger partial charge is 0.383 e. The van der Waals surface area contributed by atoms with E-state index in [0.717, 1.165) is 49.4 Å². The number of likely N-dealkylation sites (tertiary alicyclic amines) is 1. The molecular formula is C16H20ClFN4O2S2. The molecule has 10 heteroatoms. The van der Waals surface area contributed by atoms with Gasteiger partial charge in [-0.3, -0.25) is 4.72 Å². The number of hydrogen-bond donors (Lipinski definition) is 2. The summed E-state index contributed by atoms with van der Waals surface area (Å²) in [5.74, 6) is -0.412. The Morgan fingerprint density at radius 3 is 2.96 bits per heavy atom. The molecule has 1 aromatic heterocycles. The molecule has 2 heterocycles. The lowest BCUT2D eigenvalue weighted by atomic mass is 9.98. The number of piperidine rings is 1. The van der Waals surface area contributed by atoms with Crippen LogP contribution >= 0.6 is 22.9 Å². The van der Waals surface area contributed by atoms with Crippen molar-refractivity contribution in [3.05, 3.63) is 34.5 Å². The molecule has 0 bridgehead atoms. The molecule has 2 N–H and O–H groups in total. The highest BCUT2D eigenvalue weighted by atomic mass is 35.5. The predicted octanol–water partition coefficient (Wildman–Crippen LogP) is 3.49. The first-order chi connectivity index (χ1) is 12.3. The van der Waals surface area contributed by atoms with E-state index in [2.05, 4.69) is 27.0 Å². The van der Waals surface area contributed by atoms with E-state index >= 15 is 0 Å². The smallest absolute Gasteiger partial charge is 0.266 e. The van der Waals surface area contributed by atoms with Crippen LogP contribution in [0.4, 0.5) is 15.2 Å². The number of rotatable bonds is 6. The van der Waals surface area contributed by atoms with Gasteiger partial charge in [-0.1, -0.05) is 11.6 Å². The highest BCUT2D eigenvalue weighted by molar-refractivity contribution is 7.93. The third kappa shape index (κ3) is 4.64. The molecule has 6 nitrogen and oxygen atoms in total. The van der Waals surface area contributed by atoms with Gasteiger partial charge in [-0.05, 0) is 44.5 Å². The van der Waals surface area contributed by atoms with Gasteiger partial charge in [-0.15, -0.1) is 11.3 Å². The number of hydrogen-bond acceptors (Lipinski definition) is 6. The molecule has 142 valence electrons. The Morgan fingerprint density at radius 1 is 1.46 bits per heavy atom. The number of aromatic nitrogens is 1. The quantitative estimate of drug-likeness (QED) is 0.751. The summed E-state index contributed by atoms with van der Waals surface area (Å²) in [4.78, 5) is 5.60. The Bertz CT molecular complexity index is 861. The Balaban J connectivity index is 1.73. The van der Waals surface area contributed by atoms with Crippen LogP contribution in [-0.4, -0.2) is 45.0 Å². The summed E-state index contributed by atoms with van der Waals surface area (Å²) in [6.45, 7) is 2.72. The molecule has 1 aromatic carbocycles. The summed E-state index contributed by atoms with van der Waals surface area (Å²) < 4.78 is 41.4.